The maximum Gasteiger partial charge on any atom is 0.450 e. The van der Waals surface area contributed by atoms with Crippen LogP contribution in [0.3, 0.4) is 0 Å². The highest BCUT2D eigenvalue weighted by atomic mass is 32.3. The molecule has 1 atom stereocenters. The predicted octanol–water partition coefficient (Wildman–Crippen LogP) is 2.75. The summed E-state index contributed by atoms with van der Waals surface area (Å²) in [5.41, 5.74) is 0. The molecule has 0 radical (unpaired) electrons. The van der Waals surface area contributed by atoms with Gasteiger partial charge in [0.15, 0.2) is 6.86 Å². The van der Waals surface area contributed by atoms with Crippen molar-refractivity contribution < 1.29 is 56.9 Å². The predicted molar refractivity (Wildman–Crippen MR) is 47.4 cm³/mol. The van der Waals surface area contributed by atoms with Crippen molar-refractivity contribution >= 4 is 10.2 Å². The minimum Gasteiger partial charge on any atom is -0.338 e. The van der Waals surface area contributed by atoms with Crippen molar-refractivity contribution in [3.8, 4) is 0 Å². The Morgan fingerprint density at radius 1 is 0.952 bits per heavy atom. The molecule has 0 aromatic carbocycles. The van der Waals surface area contributed by atoms with E-state index in [-0.39, 0.29) is 0 Å². The zero-order valence-electron chi connectivity index (χ0n) is 9.86. The molecule has 0 saturated carbocycles. The number of rotatable bonds is 7. The highest BCUT2D eigenvalue weighted by molar-refractivity contribution is 7.87. The van der Waals surface area contributed by atoms with E-state index >= 15 is 0 Å². The molecule has 1 unspecified atom stereocenters. The summed E-state index contributed by atoms with van der Waals surface area (Å²) in [6, 6.07) is 0. The number of hydrogen-bond acceptors (Lipinski definition) is 4. The first kappa shape index (κ1) is 20.2. The largest absolute Gasteiger partial charge is 0.450 e. The van der Waals surface area contributed by atoms with Gasteiger partial charge in [0.25, 0.3) is 0 Å². The minimum atomic E-state index is -7.51. The van der Waals surface area contributed by atoms with E-state index in [1.165, 1.54) is 0 Å². The summed E-state index contributed by atoms with van der Waals surface area (Å²) in [4.78, 5) is 0. The lowest BCUT2D eigenvalue weighted by Crippen LogP contribution is -2.69. The molecule has 0 aromatic heterocycles. The summed E-state index contributed by atoms with van der Waals surface area (Å²) in [6.07, 6.45) is -6.52. The maximum absolute atomic E-state index is 13.4. The summed E-state index contributed by atoms with van der Waals surface area (Å²) in [7, 11) is -7.51. The van der Waals surface area contributed by atoms with Crippen molar-refractivity contribution in [3.63, 3.8) is 0 Å². The van der Waals surface area contributed by atoms with E-state index in [1.54, 1.807) is 0 Å². The second-order valence-electron chi connectivity index (χ2n) is 3.33. The van der Waals surface area contributed by atoms with Crippen LogP contribution in [0.15, 0.2) is 0 Å². The molecule has 0 spiro atoms. The van der Waals surface area contributed by atoms with Crippen LogP contribution >= 0.6 is 0 Å². The summed E-state index contributed by atoms with van der Waals surface area (Å²) in [6.45, 7) is -3.45. The third-order valence-electron chi connectivity index (χ3n) is 2.06. The fourth-order valence-corrected chi connectivity index (χ4v) is 1.63. The van der Waals surface area contributed by atoms with Gasteiger partial charge < -0.3 is 9.47 Å². The minimum absolute atomic E-state index is 0.611. The Kier molecular flexibility index (Phi) is 5.58. The average molecular weight is 358 g/mol. The second-order valence-corrected chi connectivity index (χ2v) is 4.72. The zero-order chi connectivity index (χ0) is 17.3. The van der Waals surface area contributed by atoms with Gasteiger partial charge in [-0.25, -0.2) is 4.39 Å². The van der Waals surface area contributed by atoms with Gasteiger partial charge in [-0.3, -0.25) is 0 Å². The van der Waals surface area contributed by atoms with Crippen LogP contribution in [0.1, 0.15) is 6.92 Å². The normalized spacial score (nSPS) is 17.6. The van der Waals surface area contributed by atoms with Crippen molar-refractivity contribution in [2.45, 2.75) is 30.1 Å². The van der Waals surface area contributed by atoms with Crippen molar-refractivity contribution in [2.75, 3.05) is 13.5 Å². The van der Waals surface area contributed by atoms with Gasteiger partial charge in [-0.1, -0.05) is 3.89 Å². The maximum atomic E-state index is 13.4. The Labute approximate surface area is 112 Å². The van der Waals surface area contributed by atoms with Gasteiger partial charge in [0.1, 0.15) is 0 Å². The Bertz CT molecular complexity index is 451. The lowest BCUT2D eigenvalue weighted by molar-refractivity contribution is -0.465. The van der Waals surface area contributed by atoms with Crippen LogP contribution in [-0.2, 0) is 19.7 Å². The molecule has 0 saturated heterocycles. The second kappa shape index (κ2) is 5.79. The zero-order valence-corrected chi connectivity index (χ0v) is 10.7. The van der Waals surface area contributed by atoms with E-state index in [0.29, 0.717) is 6.92 Å². The van der Waals surface area contributed by atoms with E-state index in [4.69, 9.17) is 0 Å². The van der Waals surface area contributed by atoms with Gasteiger partial charge >= 0.3 is 33.4 Å². The molecule has 0 bridgehead atoms. The number of alkyl halides is 8. The number of ether oxygens (including phenoxy) is 2. The van der Waals surface area contributed by atoms with E-state index in [0.717, 1.165) is 0 Å². The molecule has 0 aliphatic heterocycles. The van der Waals surface area contributed by atoms with Gasteiger partial charge in [0.2, 0.25) is 0 Å². The molecule has 0 aliphatic carbocycles. The molecular weight excluding hydrogens is 351 g/mol. The highest BCUT2D eigenvalue weighted by Crippen LogP contribution is 2.54. The first-order valence-electron chi connectivity index (χ1n) is 4.72. The molecule has 0 N–H and O–H groups in total. The van der Waals surface area contributed by atoms with Gasteiger partial charge in [0.05, 0.1) is 0 Å². The number of hydrogen-bond donors (Lipinski definition) is 0. The first-order chi connectivity index (χ1) is 9.12. The Morgan fingerprint density at radius 2 is 1.38 bits per heavy atom. The molecule has 0 heterocycles. The van der Waals surface area contributed by atoms with Gasteiger partial charge in [0, 0.05) is 6.61 Å². The smallest absolute Gasteiger partial charge is 0.338 e. The van der Waals surface area contributed by atoms with Crippen LogP contribution in [0.5, 0.6) is 0 Å². The molecule has 0 rings (SSSR count). The summed E-state index contributed by atoms with van der Waals surface area (Å²) >= 11 is 0. The molecule has 14 heteroatoms. The molecular formula is C7H7F9O4S. The van der Waals surface area contributed by atoms with Crippen molar-refractivity contribution in [3.05, 3.63) is 0 Å². The molecule has 0 aliphatic rings. The van der Waals surface area contributed by atoms with E-state index < -0.39 is 46.8 Å². The number of halogens is 9. The van der Waals surface area contributed by atoms with E-state index in [2.05, 4.69) is 9.47 Å². The van der Waals surface area contributed by atoms with Crippen LogP contribution in [0, 0.1) is 0 Å². The Morgan fingerprint density at radius 3 is 1.62 bits per heavy atom. The monoisotopic (exact) mass is 358 g/mol. The summed E-state index contributed by atoms with van der Waals surface area (Å²) in [5, 5.41) is -6.89. The van der Waals surface area contributed by atoms with Crippen molar-refractivity contribution in [2.24, 2.45) is 0 Å². The summed E-state index contributed by atoms with van der Waals surface area (Å²) in [5.74, 6) is -12.5. The standard InChI is InChI=1S/C7H7F9O4S/c1-2-19-5(20-3-8,6(11,12)13)4(9,10)7(14,15)21(16,17)18/h2-3H2,1H3. The van der Waals surface area contributed by atoms with Crippen LogP contribution in [0.25, 0.3) is 0 Å². The van der Waals surface area contributed by atoms with Crippen LogP contribution < -0.4 is 0 Å². The topological polar surface area (TPSA) is 52.6 Å². The SMILES string of the molecule is CCOC(OCF)(C(F)(F)F)C(F)(F)C(F)(F)S(=O)(=O)F. The van der Waals surface area contributed by atoms with E-state index in [1.807, 2.05) is 0 Å². The molecule has 128 valence electrons. The average Bonchev–Trinajstić information content (AvgIpc) is 2.24. The first-order valence-corrected chi connectivity index (χ1v) is 6.11. The molecule has 21 heavy (non-hydrogen) atoms. The van der Waals surface area contributed by atoms with Crippen molar-refractivity contribution in [1.29, 1.82) is 0 Å². The van der Waals surface area contributed by atoms with Crippen molar-refractivity contribution in [1.82, 2.24) is 0 Å². The Balaban J connectivity index is 6.40. The molecule has 0 aromatic rings. The third kappa shape index (κ3) is 3.06. The molecule has 4 nitrogen and oxygen atoms in total. The highest BCUT2D eigenvalue weighted by Gasteiger charge is 2.85. The summed E-state index contributed by atoms with van der Waals surface area (Å²) < 4.78 is 141. The fraction of sp³-hybridized carbons (Fsp3) is 1.00. The quantitative estimate of drug-likeness (QED) is 0.399. The van der Waals surface area contributed by atoms with Gasteiger partial charge in [-0.05, 0) is 6.92 Å². The van der Waals surface area contributed by atoms with Crippen LogP contribution in [0.4, 0.5) is 39.0 Å². The van der Waals surface area contributed by atoms with E-state index in [9.17, 15) is 47.4 Å². The van der Waals surface area contributed by atoms with Gasteiger partial charge in [-0.2, -0.15) is 39.2 Å². The lowest BCUT2D eigenvalue weighted by Gasteiger charge is -2.40. The third-order valence-corrected chi connectivity index (χ3v) is 2.93. The Hall–Kier alpha value is -0.760. The van der Waals surface area contributed by atoms with Crippen LogP contribution in [-0.4, -0.2) is 45.0 Å². The lowest BCUT2D eigenvalue weighted by atomic mass is 10.1. The molecule has 0 amide bonds. The van der Waals surface area contributed by atoms with Gasteiger partial charge in [-0.15, -0.1) is 0 Å². The van der Waals surface area contributed by atoms with Crippen LogP contribution in [0.2, 0.25) is 0 Å². The fourth-order valence-electron chi connectivity index (χ4n) is 1.19. The molecule has 0 fully saturated rings.